The van der Waals surface area contributed by atoms with Crippen molar-refractivity contribution in [1.29, 1.82) is 0 Å². The molecule has 2 aromatic heterocycles. The van der Waals surface area contributed by atoms with Gasteiger partial charge in [-0.15, -0.1) is 0 Å². The normalized spacial score (nSPS) is 13.3. The smallest absolute Gasteiger partial charge is 0.294 e. The number of fused-ring (bicyclic) bond motifs is 3. The first-order valence-electron chi connectivity index (χ1n) is 7.06. The van der Waals surface area contributed by atoms with Gasteiger partial charge in [0.25, 0.3) is 5.56 Å². The molecule has 122 valence electrons. The maximum atomic E-state index is 12.2. The van der Waals surface area contributed by atoms with E-state index in [1.54, 1.807) is 18.0 Å². The van der Waals surface area contributed by atoms with Crippen LogP contribution in [0.25, 0.3) is 22.1 Å². The van der Waals surface area contributed by atoms with Gasteiger partial charge in [0, 0.05) is 16.4 Å². The molecule has 2 heterocycles. The summed E-state index contributed by atoms with van der Waals surface area (Å²) in [4.78, 5) is 21.1. The van der Waals surface area contributed by atoms with Crippen molar-refractivity contribution in [3.05, 3.63) is 38.9 Å². The minimum atomic E-state index is -0.832. The molecule has 3 N–H and O–H groups in total. The summed E-state index contributed by atoms with van der Waals surface area (Å²) in [5.41, 5.74) is 0.965. The maximum Gasteiger partial charge on any atom is 0.294 e. The largest absolute Gasteiger partial charge is 0.449 e. The fourth-order valence-electron chi connectivity index (χ4n) is 2.49. The summed E-state index contributed by atoms with van der Waals surface area (Å²) in [5, 5.41) is 19.1. The number of nitrogens with zero attached hydrogens (tertiary/aromatic N) is 2. The highest BCUT2D eigenvalue weighted by molar-refractivity contribution is 9.10. The lowest BCUT2D eigenvalue weighted by Crippen LogP contribution is -2.32. The summed E-state index contributed by atoms with van der Waals surface area (Å²) in [6.45, 7) is 0.298. The van der Waals surface area contributed by atoms with E-state index in [0.717, 1.165) is 9.86 Å². The molecule has 0 saturated heterocycles. The highest BCUT2D eigenvalue weighted by atomic mass is 79.9. The van der Waals surface area contributed by atoms with E-state index < -0.39 is 6.10 Å². The van der Waals surface area contributed by atoms with Gasteiger partial charge in [0.05, 0.1) is 19.3 Å². The van der Waals surface area contributed by atoms with Gasteiger partial charge >= 0.3 is 0 Å². The van der Waals surface area contributed by atoms with Gasteiger partial charge in [0.15, 0.2) is 0 Å². The topological polar surface area (TPSA) is 103 Å². The highest BCUT2D eigenvalue weighted by Gasteiger charge is 2.15. The second-order valence-corrected chi connectivity index (χ2v) is 6.38. The molecule has 0 spiro atoms. The maximum absolute atomic E-state index is 12.2. The quantitative estimate of drug-likeness (QED) is 0.613. The van der Waals surface area contributed by atoms with Gasteiger partial charge in [-0.2, -0.15) is 0 Å². The number of aliphatic hydroxyl groups excluding tert-OH is 2. The van der Waals surface area contributed by atoms with Crippen molar-refractivity contribution in [3.8, 4) is 0 Å². The van der Waals surface area contributed by atoms with Crippen molar-refractivity contribution in [3.63, 3.8) is 0 Å². The number of hydrogen-bond acceptors (Lipinski definition) is 6. The van der Waals surface area contributed by atoms with Crippen LogP contribution in [0.15, 0.2) is 31.9 Å². The average molecular weight is 382 g/mol. The van der Waals surface area contributed by atoms with Crippen LogP contribution in [0.1, 0.15) is 5.82 Å². The number of aromatic nitrogens is 2. The molecule has 1 aromatic carbocycles. The number of benzene rings is 1. The number of H-pyrrole nitrogens is 1. The summed E-state index contributed by atoms with van der Waals surface area (Å²) in [5.74, 6) is 0.470. The first-order valence-corrected chi connectivity index (χ1v) is 7.85. The van der Waals surface area contributed by atoms with E-state index in [0.29, 0.717) is 23.5 Å². The molecule has 0 saturated carbocycles. The minimum Gasteiger partial charge on any atom is -0.449 e. The lowest BCUT2D eigenvalue weighted by atomic mass is 10.2. The highest BCUT2D eigenvalue weighted by Crippen LogP contribution is 2.27. The second-order valence-electron chi connectivity index (χ2n) is 5.47. The number of halogens is 1. The monoisotopic (exact) mass is 381 g/mol. The Morgan fingerprint density at radius 3 is 3.00 bits per heavy atom. The Hall–Kier alpha value is -1.74. The van der Waals surface area contributed by atoms with Crippen LogP contribution >= 0.6 is 15.9 Å². The van der Waals surface area contributed by atoms with Crippen molar-refractivity contribution in [1.82, 2.24) is 14.9 Å². The molecule has 7 nitrogen and oxygen atoms in total. The molecule has 0 amide bonds. The Labute approximate surface area is 139 Å². The average Bonchev–Trinajstić information content (AvgIpc) is 2.85. The number of likely N-dealkylation sites (N-methyl/N-ethyl adjacent to an activating group) is 1. The fraction of sp³-hybridized carbons (Fsp3) is 0.333. The van der Waals surface area contributed by atoms with Gasteiger partial charge in [-0.25, -0.2) is 4.98 Å². The molecule has 3 rings (SSSR count). The minimum absolute atomic E-state index is 0.194. The van der Waals surface area contributed by atoms with Crippen LogP contribution in [0.2, 0.25) is 0 Å². The van der Waals surface area contributed by atoms with Crippen molar-refractivity contribution < 1.29 is 14.6 Å². The Balaban J connectivity index is 2.01. The van der Waals surface area contributed by atoms with Crippen LogP contribution in [0.5, 0.6) is 0 Å². The molecule has 1 unspecified atom stereocenters. The van der Waals surface area contributed by atoms with Gasteiger partial charge in [0.1, 0.15) is 16.9 Å². The lowest BCUT2D eigenvalue weighted by Gasteiger charge is -2.18. The molecule has 23 heavy (non-hydrogen) atoms. The number of hydrogen-bond donors (Lipinski definition) is 3. The lowest BCUT2D eigenvalue weighted by molar-refractivity contribution is 0.0642. The van der Waals surface area contributed by atoms with Gasteiger partial charge in [0.2, 0.25) is 5.58 Å². The second kappa shape index (κ2) is 6.40. The van der Waals surface area contributed by atoms with Gasteiger partial charge in [-0.3, -0.25) is 9.69 Å². The first-order chi connectivity index (χ1) is 11.0. The predicted molar refractivity (Wildman–Crippen MR) is 89.3 cm³/mol. The Morgan fingerprint density at radius 2 is 2.26 bits per heavy atom. The van der Waals surface area contributed by atoms with Crippen LogP contribution in [-0.4, -0.2) is 51.4 Å². The van der Waals surface area contributed by atoms with E-state index in [9.17, 15) is 9.90 Å². The van der Waals surface area contributed by atoms with Gasteiger partial charge < -0.3 is 19.6 Å². The molecule has 0 radical (unpaired) electrons. The third-order valence-electron chi connectivity index (χ3n) is 3.49. The summed E-state index contributed by atoms with van der Waals surface area (Å²) >= 11 is 3.40. The van der Waals surface area contributed by atoms with Crippen molar-refractivity contribution in [2.45, 2.75) is 12.6 Å². The van der Waals surface area contributed by atoms with Crippen LogP contribution in [0.4, 0.5) is 0 Å². The molecule has 3 aromatic rings. The SMILES string of the molecule is CN(Cc1nc2c(oc3ccc(Br)cc32)c(=O)[nH]1)CC(O)CO. The Morgan fingerprint density at radius 1 is 1.48 bits per heavy atom. The fourth-order valence-corrected chi connectivity index (χ4v) is 2.85. The van der Waals surface area contributed by atoms with E-state index in [4.69, 9.17) is 9.52 Å². The number of aliphatic hydroxyl groups is 2. The molecule has 0 bridgehead atoms. The summed E-state index contributed by atoms with van der Waals surface area (Å²) in [7, 11) is 1.77. The van der Waals surface area contributed by atoms with Crippen molar-refractivity contribution in [2.75, 3.05) is 20.2 Å². The summed E-state index contributed by atoms with van der Waals surface area (Å²) in [6.07, 6.45) is -0.832. The molecule has 0 aliphatic heterocycles. The molecular weight excluding hydrogens is 366 g/mol. The Kier molecular flexibility index (Phi) is 4.49. The predicted octanol–water partition coefficient (Wildman–Crippen LogP) is 1.22. The number of aromatic amines is 1. The summed E-state index contributed by atoms with van der Waals surface area (Å²) < 4.78 is 6.44. The van der Waals surface area contributed by atoms with Crippen LogP contribution < -0.4 is 5.56 Å². The van der Waals surface area contributed by atoms with E-state index in [-0.39, 0.29) is 24.3 Å². The molecule has 0 aliphatic rings. The molecule has 0 aliphatic carbocycles. The van der Waals surface area contributed by atoms with E-state index in [1.807, 2.05) is 12.1 Å². The number of rotatable bonds is 5. The van der Waals surface area contributed by atoms with Crippen LogP contribution in [0.3, 0.4) is 0 Å². The first kappa shape index (κ1) is 16.1. The third kappa shape index (κ3) is 3.30. The summed E-state index contributed by atoms with van der Waals surface area (Å²) in [6, 6.07) is 5.48. The molecular formula is C15H16BrN3O4. The zero-order valence-corrected chi connectivity index (χ0v) is 14.0. The number of furan rings is 1. The van der Waals surface area contributed by atoms with E-state index >= 15 is 0 Å². The van der Waals surface area contributed by atoms with E-state index in [2.05, 4.69) is 25.9 Å². The standard InChI is InChI=1S/C15H16BrN3O4/c1-19(5-9(21)7-20)6-12-17-13-10-4-8(16)2-3-11(10)23-14(13)15(22)18-12/h2-4,9,20-21H,5-7H2,1H3,(H,17,18,22). The zero-order chi connectivity index (χ0) is 16.6. The third-order valence-corrected chi connectivity index (χ3v) is 3.98. The van der Waals surface area contributed by atoms with Crippen LogP contribution in [-0.2, 0) is 6.54 Å². The zero-order valence-electron chi connectivity index (χ0n) is 12.4. The molecule has 1 atom stereocenters. The molecule has 0 fully saturated rings. The van der Waals surface area contributed by atoms with Crippen molar-refractivity contribution >= 4 is 38.0 Å². The molecule has 8 heteroatoms. The van der Waals surface area contributed by atoms with E-state index in [1.165, 1.54) is 0 Å². The van der Waals surface area contributed by atoms with Gasteiger partial charge in [-0.1, -0.05) is 15.9 Å². The van der Waals surface area contributed by atoms with Crippen molar-refractivity contribution in [2.24, 2.45) is 0 Å². The van der Waals surface area contributed by atoms with Crippen LogP contribution in [0, 0.1) is 0 Å². The van der Waals surface area contributed by atoms with Gasteiger partial charge in [-0.05, 0) is 25.2 Å². The number of nitrogens with one attached hydrogen (secondary N) is 1. The Bertz CT molecular complexity index is 905.